The fourth-order valence-electron chi connectivity index (χ4n) is 4.78. The maximum atomic E-state index is 12.7. The fraction of sp³-hybridized carbons (Fsp3) is 0.500. The number of aliphatic hydroxyl groups is 2. The number of piperazine rings is 1. The van der Waals surface area contributed by atoms with Crippen LogP contribution in [-0.2, 0) is 27.5 Å². The van der Waals surface area contributed by atoms with E-state index in [1.54, 1.807) is 0 Å². The maximum absolute atomic E-state index is 12.7. The Hall–Kier alpha value is -2.94. The number of ether oxygens (including phenoxy) is 1. The molecule has 0 radical (unpaired) electrons. The van der Waals surface area contributed by atoms with Crippen LogP contribution in [0.5, 0.6) is 0 Å². The lowest BCUT2D eigenvalue weighted by Gasteiger charge is -2.37. The summed E-state index contributed by atoms with van der Waals surface area (Å²) in [6.07, 6.45) is 2.75. The molecule has 2 aromatic carbocycles. The second-order valence-corrected chi connectivity index (χ2v) is 9.64. The van der Waals surface area contributed by atoms with Gasteiger partial charge in [-0.05, 0) is 36.1 Å². The van der Waals surface area contributed by atoms with Gasteiger partial charge in [0.25, 0.3) is 11.8 Å². The van der Waals surface area contributed by atoms with Crippen molar-refractivity contribution in [1.82, 2.24) is 10.2 Å². The molecule has 2 aliphatic rings. The van der Waals surface area contributed by atoms with Crippen LogP contribution in [0.3, 0.4) is 0 Å². The molecular formula is C28H37N3O5. The van der Waals surface area contributed by atoms with Crippen molar-refractivity contribution in [2.24, 2.45) is 0 Å². The van der Waals surface area contributed by atoms with Crippen molar-refractivity contribution in [3.63, 3.8) is 0 Å². The number of anilines is 1. The SMILES string of the molecule is O=C(NCc1ccc(COC2CCCCC2)cc1)[C@H](O)[C@@H](O)C(=O)N1CCN(c2ccccc2)CC1. The summed E-state index contributed by atoms with van der Waals surface area (Å²) in [4.78, 5) is 28.7. The van der Waals surface area contributed by atoms with Gasteiger partial charge in [-0.1, -0.05) is 61.7 Å². The normalized spacial score (nSPS) is 18.5. The average molecular weight is 496 g/mol. The van der Waals surface area contributed by atoms with Crippen LogP contribution in [0.15, 0.2) is 54.6 Å². The van der Waals surface area contributed by atoms with E-state index in [1.807, 2.05) is 54.6 Å². The third-order valence-electron chi connectivity index (χ3n) is 7.06. The Morgan fingerprint density at radius 2 is 1.50 bits per heavy atom. The highest BCUT2D eigenvalue weighted by atomic mass is 16.5. The summed E-state index contributed by atoms with van der Waals surface area (Å²) < 4.78 is 6.00. The van der Waals surface area contributed by atoms with Crippen LogP contribution in [0.1, 0.15) is 43.2 Å². The Kier molecular flexibility index (Phi) is 9.33. The van der Waals surface area contributed by atoms with Gasteiger partial charge in [-0.15, -0.1) is 0 Å². The van der Waals surface area contributed by atoms with Crippen molar-refractivity contribution in [2.75, 3.05) is 31.1 Å². The second-order valence-electron chi connectivity index (χ2n) is 9.64. The zero-order valence-corrected chi connectivity index (χ0v) is 20.7. The fourth-order valence-corrected chi connectivity index (χ4v) is 4.78. The Morgan fingerprint density at radius 3 is 2.17 bits per heavy atom. The van der Waals surface area contributed by atoms with Crippen LogP contribution in [-0.4, -0.2) is 71.4 Å². The molecule has 3 N–H and O–H groups in total. The first-order valence-electron chi connectivity index (χ1n) is 12.9. The highest BCUT2D eigenvalue weighted by Crippen LogP contribution is 2.21. The van der Waals surface area contributed by atoms with E-state index in [0.717, 1.165) is 29.7 Å². The van der Waals surface area contributed by atoms with Crippen LogP contribution in [0.4, 0.5) is 5.69 Å². The zero-order chi connectivity index (χ0) is 25.3. The lowest BCUT2D eigenvalue weighted by Crippen LogP contribution is -2.55. The molecule has 8 heteroatoms. The lowest BCUT2D eigenvalue weighted by molar-refractivity contribution is -0.153. The van der Waals surface area contributed by atoms with Crippen molar-refractivity contribution in [3.8, 4) is 0 Å². The van der Waals surface area contributed by atoms with Gasteiger partial charge in [0.15, 0.2) is 12.2 Å². The molecular weight excluding hydrogens is 458 g/mol. The second kappa shape index (κ2) is 12.9. The van der Waals surface area contributed by atoms with Gasteiger partial charge in [-0.2, -0.15) is 0 Å². The monoisotopic (exact) mass is 495 g/mol. The molecule has 0 unspecified atom stereocenters. The van der Waals surface area contributed by atoms with Gasteiger partial charge < -0.3 is 30.1 Å². The van der Waals surface area contributed by atoms with Crippen molar-refractivity contribution in [3.05, 3.63) is 65.7 Å². The highest BCUT2D eigenvalue weighted by molar-refractivity contribution is 5.90. The minimum atomic E-state index is -1.83. The van der Waals surface area contributed by atoms with E-state index in [1.165, 1.54) is 24.2 Å². The highest BCUT2D eigenvalue weighted by Gasteiger charge is 2.34. The number of carbonyl (C=O) groups excluding carboxylic acids is 2. The summed E-state index contributed by atoms with van der Waals surface area (Å²) in [7, 11) is 0. The Bertz CT molecular complexity index is 970. The van der Waals surface area contributed by atoms with Gasteiger partial charge in [0.2, 0.25) is 0 Å². The number of rotatable bonds is 9. The van der Waals surface area contributed by atoms with Gasteiger partial charge in [0, 0.05) is 38.4 Å². The van der Waals surface area contributed by atoms with E-state index >= 15 is 0 Å². The predicted molar refractivity (Wildman–Crippen MR) is 137 cm³/mol. The minimum absolute atomic E-state index is 0.191. The van der Waals surface area contributed by atoms with Crippen LogP contribution in [0.2, 0.25) is 0 Å². The van der Waals surface area contributed by atoms with Crippen molar-refractivity contribution in [1.29, 1.82) is 0 Å². The largest absolute Gasteiger partial charge is 0.380 e. The Morgan fingerprint density at radius 1 is 0.861 bits per heavy atom. The van der Waals surface area contributed by atoms with E-state index in [0.29, 0.717) is 38.9 Å². The lowest BCUT2D eigenvalue weighted by atomic mass is 9.98. The maximum Gasteiger partial charge on any atom is 0.254 e. The van der Waals surface area contributed by atoms with Crippen molar-refractivity contribution in [2.45, 2.75) is 63.6 Å². The van der Waals surface area contributed by atoms with Crippen molar-refractivity contribution < 1.29 is 24.5 Å². The van der Waals surface area contributed by atoms with E-state index in [-0.39, 0.29) is 6.54 Å². The standard InChI is InChI=1S/C28H37N3O5/c32-25(26(33)28(35)31-17-15-30(16-18-31)23-7-3-1-4-8-23)27(34)29-19-21-11-13-22(14-12-21)20-36-24-9-5-2-6-10-24/h1,3-4,7-8,11-14,24-26,32-33H,2,5-6,9-10,15-20H2,(H,29,34)/t25-,26-/m1/s1. The molecule has 194 valence electrons. The molecule has 1 saturated carbocycles. The number of nitrogens with one attached hydrogen (secondary N) is 1. The van der Waals surface area contributed by atoms with E-state index in [4.69, 9.17) is 4.74 Å². The van der Waals surface area contributed by atoms with Gasteiger partial charge in [-0.3, -0.25) is 9.59 Å². The molecule has 36 heavy (non-hydrogen) atoms. The number of nitrogens with zero attached hydrogens (tertiary/aromatic N) is 2. The Labute approximate surface area is 212 Å². The number of benzene rings is 2. The molecule has 4 rings (SSSR count). The Balaban J connectivity index is 1.19. The van der Waals surface area contributed by atoms with E-state index < -0.39 is 24.0 Å². The summed E-state index contributed by atoms with van der Waals surface area (Å²) in [6, 6.07) is 17.6. The molecule has 8 nitrogen and oxygen atoms in total. The third kappa shape index (κ3) is 7.06. The molecule has 2 atom stereocenters. The summed E-state index contributed by atoms with van der Waals surface area (Å²) >= 11 is 0. The molecule has 1 saturated heterocycles. The smallest absolute Gasteiger partial charge is 0.254 e. The predicted octanol–water partition coefficient (Wildman–Crippen LogP) is 2.22. The van der Waals surface area contributed by atoms with Gasteiger partial charge in [0.1, 0.15) is 0 Å². The van der Waals surface area contributed by atoms with E-state index in [9.17, 15) is 19.8 Å². The first kappa shape index (κ1) is 26.1. The topological polar surface area (TPSA) is 102 Å². The van der Waals surface area contributed by atoms with Crippen LogP contribution in [0, 0.1) is 0 Å². The number of para-hydroxylation sites is 1. The third-order valence-corrected chi connectivity index (χ3v) is 7.06. The number of amides is 2. The van der Waals surface area contributed by atoms with Gasteiger partial charge >= 0.3 is 0 Å². The molecule has 2 amide bonds. The quantitative estimate of drug-likeness (QED) is 0.493. The number of hydrogen-bond donors (Lipinski definition) is 3. The zero-order valence-electron chi connectivity index (χ0n) is 20.7. The van der Waals surface area contributed by atoms with Crippen LogP contribution in [0.25, 0.3) is 0 Å². The van der Waals surface area contributed by atoms with Gasteiger partial charge in [-0.25, -0.2) is 0 Å². The van der Waals surface area contributed by atoms with Crippen LogP contribution < -0.4 is 10.2 Å². The minimum Gasteiger partial charge on any atom is -0.380 e. The summed E-state index contributed by atoms with van der Waals surface area (Å²) in [5.41, 5.74) is 3.01. The molecule has 0 bridgehead atoms. The van der Waals surface area contributed by atoms with Gasteiger partial charge in [0.05, 0.1) is 12.7 Å². The molecule has 1 aliphatic heterocycles. The number of aliphatic hydroxyl groups excluding tert-OH is 2. The van der Waals surface area contributed by atoms with E-state index in [2.05, 4.69) is 10.2 Å². The summed E-state index contributed by atoms with van der Waals surface area (Å²) in [5.74, 6) is -1.41. The molecule has 1 heterocycles. The summed E-state index contributed by atoms with van der Waals surface area (Å²) in [6.45, 7) is 2.82. The summed E-state index contributed by atoms with van der Waals surface area (Å²) in [5, 5.41) is 23.3. The number of hydrogen-bond acceptors (Lipinski definition) is 6. The molecule has 0 spiro atoms. The first-order chi connectivity index (χ1) is 17.5. The molecule has 2 aromatic rings. The molecule has 0 aromatic heterocycles. The van der Waals surface area contributed by atoms with Crippen molar-refractivity contribution >= 4 is 17.5 Å². The van der Waals surface area contributed by atoms with Crippen LogP contribution >= 0.6 is 0 Å². The molecule has 1 aliphatic carbocycles. The number of carbonyl (C=O) groups is 2. The molecule has 2 fully saturated rings. The average Bonchev–Trinajstić information content (AvgIpc) is 2.95. The first-order valence-corrected chi connectivity index (χ1v) is 12.9.